The van der Waals surface area contributed by atoms with Crippen LogP contribution in [0.1, 0.15) is 18.1 Å². The smallest absolute Gasteiger partial charge is 0.238 e. The summed E-state index contributed by atoms with van der Waals surface area (Å²) >= 11 is 5.61. The van der Waals surface area contributed by atoms with Crippen LogP contribution in [0, 0.1) is 19.8 Å². The number of halogens is 1. The number of sulfonamides is 2. The van der Waals surface area contributed by atoms with Gasteiger partial charge in [-0.1, -0.05) is 6.92 Å². The first kappa shape index (κ1) is 18.2. The van der Waals surface area contributed by atoms with Crippen molar-refractivity contribution < 1.29 is 16.8 Å². The molecular weight excluding hydrogens is 336 g/mol. The second-order valence-electron chi connectivity index (χ2n) is 5.10. The lowest BCUT2D eigenvalue weighted by Gasteiger charge is -2.15. The highest BCUT2D eigenvalue weighted by Gasteiger charge is 2.19. The molecule has 0 heterocycles. The van der Waals surface area contributed by atoms with Gasteiger partial charge < -0.3 is 0 Å². The average molecular weight is 355 g/mol. The Morgan fingerprint density at radius 3 is 2.29 bits per heavy atom. The molecule has 1 aromatic rings. The second-order valence-corrected chi connectivity index (χ2v) is 8.74. The van der Waals surface area contributed by atoms with Crippen LogP contribution in [0.5, 0.6) is 0 Å². The molecule has 21 heavy (non-hydrogen) atoms. The molecule has 0 aliphatic heterocycles. The van der Waals surface area contributed by atoms with Gasteiger partial charge in [0.15, 0.2) is 0 Å². The van der Waals surface area contributed by atoms with Gasteiger partial charge in [0.2, 0.25) is 20.0 Å². The Labute approximate surface area is 130 Å². The minimum atomic E-state index is -3.90. The number of rotatable bonds is 6. The van der Waals surface area contributed by atoms with E-state index in [-0.39, 0.29) is 28.1 Å². The quantitative estimate of drug-likeness (QED) is 0.756. The molecule has 6 nitrogen and oxygen atoms in total. The molecule has 0 fully saturated rings. The highest BCUT2D eigenvalue weighted by Crippen LogP contribution is 2.24. The van der Waals surface area contributed by atoms with Gasteiger partial charge in [-0.2, -0.15) is 0 Å². The highest BCUT2D eigenvalue weighted by molar-refractivity contribution is 7.92. The molecule has 120 valence electrons. The fourth-order valence-electron chi connectivity index (χ4n) is 1.72. The standard InChI is InChI=1S/C12H19ClN2O4S2/c1-8(6-13)7-20(16,17)15-12-5-11(21(14,18)19)4-9(2)10(12)3/h4-5,8,15H,6-7H2,1-3H3,(H2,14,18,19). The summed E-state index contributed by atoms with van der Waals surface area (Å²) in [6.07, 6.45) is 0. The molecule has 0 amide bonds. The van der Waals surface area contributed by atoms with Crippen molar-refractivity contribution in [1.82, 2.24) is 0 Å². The van der Waals surface area contributed by atoms with E-state index in [4.69, 9.17) is 16.7 Å². The maximum Gasteiger partial charge on any atom is 0.238 e. The first-order chi connectivity index (χ1) is 9.46. The Morgan fingerprint density at radius 1 is 1.24 bits per heavy atom. The fraction of sp³-hybridized carbons (Fsp3) is 0.500. The molecule has 1 atom stereocenters. The Balaban J connectivity index is 3.23. The number of aryl methyl sites for hydroxylation is 1. The number of nitrogens with one attached hydrogen (secondary N) is 1. The van der Waals surface area contributed by atoms with E-state index in [0.717, 1.165) is 0 Å². The van der Waals surface area contributed by atoms with Gasteiger partial charge in [-0.25, -0.2) is 22.0 Å². The zero-order chi connectivity index (χ0) is 16.4. The van der Waals surface area contributed by atoms with Crippen molar-refractivity contribution in [3.8, 4) is 0 Å². The third kappa shape index (κ3) is 5.14. The minimum absolute atomic E-state index is 0.131. The lowest BCUT2D eigenvalue weighted by Crippen LogP contribution is -2.23. The summed E-state index contributed by atoms with van der Waals surface area (Å²) in [4.78, 5) is -0.131. The monoisotopic (exact) mass is 354 g/mol. The number of benzene rings is 1. The normalized spacial score (nSPS) is 14.0. The van der Waals surface area contributed by atoms with E-state index in [0.29, 0.717) is 11.1 Å². The zero-order valence-corrected chi connectivity index (χ0v) is 14.4. The lowest BCUT2D eigenvalue weighted by molar-refractivity contribution is 0.587. The molecule has 0 bridgehead atoms. The number of anilines is 1. The van der Waals surface area contributed by atoms with E-state index in [2.05, 4.69) is 4.72 Å². The molecule has 1 rings (SSSR count). The summed E-state index contributed by atoms with van der Waals surface area (Å²) in [7, 11) is -7.52. The molecule has 0 aromatic heterocycles. The number of hydrogen-bond donors (Lipinski definition) is 2. The van der Waals surface area contributed by atoms with Crippen LogP contribution >= 0.6 is 11.6 Å². The van der Waals surface area contributed by atoms with Crippen LogP contribution in [0.2, 0.25) is 0 Å². The van der Waals surface area contributed by atoms with E-state index in [1.54, 1.807) is 20.8 Å². The Hall–Kier alpha value is -0.830. The highest BCUT2D eigenvalue weighted by atomic mass is 35.5. The molecule has 0 saturated carbocycles. The largest absolute Gasteiger partial charge is 0.283 e. The first-order valence-corrected chi connectivity index (χ1v) is 9.90. The van der Waals surface area contributed by atoms with Crippen LogP contribution < -0.4 is 9.86 Å². The van der Waals surface area contributed by atoms with E-state index in [1.165, 1.54) is 12.1 Å². The van der Waals surface area contributed by atoms with Gasteiger partial charge in [-0.3, -0.25) is 4.72 Å². The Morgan fingerprint density at radius 2 is 1.81 bits per heavy atom. The van der Waals surface area contributed by atoms with Crippen molar-refractivity contribution in [3.05, 3.63) is 23.3 Å². The van der Waals surface area contributed by atoms with E-state index in [1.807, 2.05) is 0 Å². The minimum Gasteiger partial charge on any atom is -0.283 e. The molecule has 1 unspecified atom stereocenters. The van der Waals surface area contributed by atoms with Gasteiger partial charge in [0.05, 0.1) is 16.3 Å². The third-order valence-electron chi connectivity index (χ3n) is 3.00. The van der Waals surface area contributed by atoms with Crippen molar-refractivity contribution in [2.75, 3.05) is 16.4 Å². The van der Waals surface area contributed by atoms with Crippen molar-refractivity contribution in [2.24, 2.45) is 11.1 Å². The predicted octanol–water partition coefficient (Wildman–Crippen LogP) is 1.57. The molecule has 9 heteroatoms. The summed E-state index contributed by atoms with van der Waals surface area (Å²) in [6.45, 7) is 5.10. The topological polar surface area (TPSA) is 106 Å². The van der Waals surface area contributed by atoms with Gasteiger partial charge in [-0.05, 0) is 43.0 Å². The Bertz CT molecular complexity index is 730. The molecule has 0 aliphatic carbocycles. The van der Waals surface area contributed by atoms with Crippen LogP contribution in [0.3, 0.4) is 0 Å². The summed E-state index contributed by atoms with van der Waals surface area (Å²) in [5.74, 6) is -0.142. The third-order valence-corrected chi connectivity index (χ3v) is 5.96. The second kappa shape index (κ2) is 6.51. The number of nitrogens with two attached hydrogens (primary N) is 1. The molecule has 3 N–H and O–H groups in total. The van der Waals surface area contributed by atoms with Gasteiger partial charge in [0, 0.05) is 5.88 Å². The molecule has 0 aliphatic rings. The van der Waals surface area contributed by atoms with Crippen molar-refractivity contribution in [3.63, 3.8) is 0 Å². The van der Waals surface area contributed by atoms with Gasteiger partial charge in [0.1, 0.15) is 0 Å². The van der Waals surface area contributed by atoms with E-state index >= 15 is 0 Å². The fourth-order valence-corrected chi connectivity index (χ4v) is 4.08. The van der Waals surface area contributed by atoms with Crippen LogP contribution in [0.25, 0.3) is 0 Å². The summed E-state index contributed by atoms with van der Waals surface area (Å²) < 4.78 is 49.3. The van der Waals surface area contributed by atoms with Crippen molar-refractivity contribution in [1.29, 1.82) is 0 Å². The summed E-state index contributed by atoms with van der Waals surface area (Å²) in [6, 6.07) is 2.63. The average Bonchev–Trinajstić information content (AvgIpc) is 2.32. The maximum atomic E-state index is 12.0. The van der Waals surface area contributed by atoms with Crippen LogP contribution in [0.15, 0.2) is 17.0 Å². The lowest BCUT2D eigenvalue weighted by atomic mass is 10.1. The van der Waals surface area contributed by atoms with Crippen LogP contribution in [0.4, 0.5) is 5.69 Å². The van der Waals surface area contributed by atoms with E-state index in [9.17, 15) is 16.8 Å². The summed E-state index contributed by atoms with van der Waals surface area (Å²) in [5, 5.41) is 5.09. The number of primary sulfonamides is 1. The number of alkyl halides is 1. The predicted molar refractivity (Wildman–Crippen MR) is 84.6 cm³/mol. The molecule has 0 saturated heterocycles. The van der Waals surface area contributed by atoms with Gasteiger partial charge in [0.25, 0.3) is 0 Å². The van der Waals surface area contributed by atoms with Crippen molar-refractivity contribution in [2.45, 2.75) is 25.7 Å². The SMILES string of the molecule is Cc1cc(S(N)(=O)=O)cc(NS(=O)(=O)CC(C)CCl)c1C. The summed E-state index contributed by atoms with van der Waals surface area (Å²) in [5.41, 5.74) is 1.48. The molecular formula is C12H19ClN2O4S2. The number of hydrogen-bond acceptors (Lipinski definition) is 4. The van der Waals surface area contributed by atoms with Crippen LogP contribution in [-0.4, -0.2) is 28.5 Å². The van der Waals surface area contributed by atoms with Crippen LogP contribution in [-0.2, 0) is 20.0 Å². The first-order valence-electron chi connectivity index (χ1n) is 6.17. The molecule has 0 spiro atoms. The zero-order valence-electron chi connectivity index (χ0n) is 12.1. The van der Waals surface area contributed by atoms with Gasteiger partial charge >= 0.3 is 0 Å². The van der Waals surface area contributed by atoms with Gasteiger partial charge in [-0.15, -0.1) is 11.6 Å². The Kier molecular flexibility index (Phi) is 5.65. The maximum absolute atomic E-state index is 12.0. The van der Waals surface area contributed by atoms with Crippen molar-refractivity contribution >= 4 is 37.3 Å². The molecule has 0 radical (unpaired) electrons. The van der Waals surface area contributed by atoms with E-state index < -0.39 is 20.0 Å². The molecule has 1 aromatic carbocycles.